The molecule has 0 spiro atoms. The van der Waals surface area contributed by atoms with Crippen LogP contribution in [0.5, 0.6) is 5.75 Å². The third-order valence-electron chi connectivity index (χ3n) is 1.85. The number of hydrogen-bond donors (Lipinski definition) is 2. The first-order chi connectivity index (χ1) is 5.79. The molecule has 0 fully saturated rings. The Bertz CT molecular complexity index is 344. The number of para-hydroxylation sites is 1. The summed E-state index contributed by atoms with van der Waals surface area (Å²) in [6.45, 7) is 0.169. The van der Waals surface area contributed by atoms with E-state index in [-0.39, 0.29) is 12.4 Å². The number of fused-ring (bicyclic) bond motifs is 1. The van der Waals surface area contributed by atoms with Gasteiger partial charge < -0.3 is 15.6 Å². The molecule has 0 aromatic heterocycles. The highest BCUT2D eigenvalue weighted by Crippen LogP contribution is 2.28. The van der Waals surface area contributed by atoms with E-state index in [1.54, 1.807) is 0 Å². The van der Waals surface area contributed by atoms with Crippen molar-refractivity contribution in [3.8, 4) is 5.75 Å². The monoisotopic (exact) mass is 163 g/mol. The molecule has 3 N–H and O–H groups in total. The summed E-state index contributed by atoms with van der Waals surface area (Å²) in [4.78, 5) is 0. The van der Waals surface area contributed by atoms with Crippen LogP contribution in [0.3, 0.4) is 0 Å². The van der Waals surface area contributed by atoms with E-state index in [1.807, 2.05) is 24.3 Å². The Hall–Kier alpha value is -1.64. The van der Waals surface area contributed by atoms with Gasteiger partial charge in [0.25, 0.3) is 0 Å². The summed E-state index contributed by atoms with van der Waals surface area (Å²) in [5.41, 5.74) is 6.82. The van der Waals surface area contributed by atoms with Crippen molar-refractivity contribution in [2.75, 3.05) is 6.61 Å². The van der Waals surface area contributed by atoms with Crippen LogP contribution in [-0.2, 0) is 0 Å². The molecule has 3 nitrogen and oxygen atoms in total. The molecule has 0 saturated carbocycles. The van der Waals surface area contributed by atoms with Crippen molar-refractivity contribution in [1.82, 2.24) is 0 Å². The topological polar surface area (TPSA) is 55.5 Å². The highest BCUT2D eigenvalue weighted by molar-refractivity contribution is 5.71. The van der Waals surface area contributed by atoms with Gasteiger partial charge in [0.05, 0.1) is 5.70 Å². The first-order valence-corrected chi connectivity index (χ1v) is 3.69. The molecule has 2 rings (SSSR count). The Labute approximate surface area is 70.1 Å². The Morgan fingerprint density at radius 3 is 2.92 bits per heavy atom. The highest BCUT2D eigenvalue weighted by Gasteiger charge is 2.15. The lowest BCUT2D eigenvalue weighted by Crippen LogP contribution is -2.15. The zero-order valence-electron chi connectivity index (χ0n) is 6.45. The van der Waals surface area contributed by atoms with Crippen molar-refractivity contribution in [1.29, 1.82) is 0 Å². The molecule has 1 heterocycles. The third kappa shape index (κ3) is 0.906. The maximum Gasteiger partial charge on any atom is 0.153 e. The number of aliphatic hydroxyl groups is 1. The summed E-state index contributed by atoms with van der Waals surface area (Å²) in [6, 6.07) is 7.37. The van der Waals surface area contributed by atoms with Crippen molar-refractivity contribution < 1.29 is 9.84 Å². The molecule has 1 aliphatic heterocycles. The molecule has 0 radical (unpaired) electrons. The lowest BCUT2D eigenvalue weighted by molar-refractivity contribution is 0.264. The second-order valence-corrected chi connectivity index (χ2v) is 2.65. The van der Waals surface area contributed by atoms with Crippen LogP contribution in [-0.4, -0.2) is 11.7 Å². The molecule has 1 aromatic rings. The number of rotatable bonds is 0. The van der Waals surface area contributed by atoms with Crippen LogP contribution in [0.1, 0.15) is 5.56 Å². The summed E-state index contributed by atoms with van der Waals surface area (Å²) in [7, 11) is 0. The second kappa shape index (κ2) is 2.44. The van der Waals surface area contributed by atoms with Crippen LogP contribution in [0.2, 0.25) is 0 Å². The molecular formula is C9H9NO2. The van der Waals surface area contributed by atoms with Crippen LogP contribution in [0, 0.1) is 0 Å². The van der Waals surface area contributed by atoms with E-state index >= 15 is 0 Å². The van der Waals surface area contributed by atoms with Gasteiger partial charge >= 0.3 is 0 Å². The molecule has 0 bridgehead atoms. The Morgan fingerprint density at radius 1 is 1.33 bits per heavy atom. The van der Waals surface area contributed by atoms with E-state index in [0.717, 1.165) is 11.3 Å². The Kier molecular flexibility index (Phi) is 1.43. The standard InChI is InChI=1S/C9H9NO2/c10-9-6-3-1-2-4-8(6)12-5-7(9)11/h1-4,11H,5,10H2. The molecule has 12 heavy (non-hydrogen) atoms. The van der Waals surface area contributed by atoms with Gasteiger partial charge in [-0.3, -0.25) is 0 Å². The van der Waals surface area contributed by atoms with Crippen molar-refractivity contribution in [3.05, 3.63) is 35.6 Å². The average Bonchev–Trinajstić information content (AvgIpc) is 2.12. The Balaban J connectivity index is 2.59. The minimum Gasteiger partial charge on any atom is -0.507 e. The van der Waals surface area contributed by atoms with Crippen LogP contribution >= 0.6 is 0 Å². The molecule has 0 aliphatic carbocycles. The second-order valence-electron chi connectivity index (χ2n) is 2.65. The summed E-state index contributed by atoms with van der Waals surface area (Å²) >= 11 is 0. The number of hydrogen-bond acceptors (Lipinski definition) is 3. The van der Waals surface area contributed by atoms with Crippen molar-refractivity contribution >= 4 is 5.70 Å². The zero-order chi connectivity index (χ0) is 8.55. The molecule has 1 aliphatic rings. The van der Waals surface area contributed by atoms with Crippen molar-refractivity contribution in [2.24, 2.45) is 5.73 Å². The maximum atomic E-state index is 9.25. The van der Waals surface area contributed by atoms with Gasteiger partial charge in [0, 0.05) is 5.56 Å². The lowest BCUT2D eigenvalue weighted by atomic mass is 10.1. The fourth-order valence-corrected chi connectivity index (χ4v) is 1.19. The van der Waals surface area contributed by atoms with Gasteiger partial charge in [-0.05, 0) is 12.1 Å². The normalized spacial score (nSPS) is 15.3. The average molecular weight is 163 g/mol. The van der Waals surface area contributed by atoms with Gasteiger partial charge in [-0.1, -0.05) is 12.1 Å². The van der Waals surface area contributed by atoms with Gasteiger partial charge in [-0.15, -0.1) is 0 Å². The largest absolute Gasteiger partial charge is 0.507 e. The summed E-state index contributed by atoms with van der Waals surface area (Å²) in [5, 5.41) is 9.25. The van der Waals surface area contributed by atoms with Gasteiger partial charge in [0.2, 0.25) is 0 Å². The van der Waals surface area contributed by atoms with Gasteiger partial charge in [0.1, 0.15) is 12.4 Å². The molecular weight excluding hydrogens is 154 g/mol. The van der Waals surface area contributed by atoms with Gasteiger partial charge in [-0.25, -0.2) is 0 Å². The number of nitrogens with two attached hydrogens (primary N) is 1. The van der Waals surface area contributed by atoms with Crippen molar-refractivity contribution in [3.63, 3.8) is 0 Å². The first-order valence-electron chi connectivity index (χ1n) is 3.69. The summed E-state index contributed by atoms with van der Waals surface area (Å²) < 4.78 is 5.22. The van der Waals surface area contributed by atoms with Crippen LogP contribution in [0.25, 0.3) is 5.70 Å². The van der Waals surface area contributed by atoms with E-state index < -0.39 is 0 Å². The van der Waals surface area contributed by atoms with E-state index in [0.29, 0.717) is 5.70 Å². The zero-order valence-corrected chi connectivity index (χ0v) is 6.45. The third-order valence-corrected chi connectivity index (χ3v) is 1.85. The van der Waals surface area contributed by atoms with E-state index in [9.17, 15) is 5.11 Å². The molecule has 3 heteroatoms. The van der Waals surface area contributed by atoms with E-state index in [1.165, 1.54) is 0 Å². The highest BCUT2D eigenvalue weighted by atomic mass is 16.5. The van der Waals surface area contributed by atoms with Crippen LogP contribution in [0.4, 0.5) is 0 Å². The molecule has 0 unspecified atom stereocenters. The first kappa shape index (κ1) is 7.03. The molecule has 0 amide bonds. The SMILES string of the molecule is NC1=C(O)COc2ccccc21. The van der Waals surface area contributed by atoms with Gasteiger partial charge in [0.15, 0.2) is 5.76 Å². The number of benzene rings is 1. The maximum absolute atomic E-state index is 9.25. The molecule has 1 aromatic carbocycles. The predicted octanol–water partition coefficient (Wildman–Crippen LogP) is 1.26. The van der Waals surface area contributed by atoms with Gasteiger partial charge in [-0.2, -0.15) is 0 Å². The summed E-state index contributed by atoms with van der Waals surface area (Å²) in [6.07, 6.45) is 0. The quantitative estimate of drug-likeness (QED) is 0.605. The Morgan fingerprint density at radius 2 is 2.08 bits per heavy atom. The number of aliphatic hydroxyl groups excluding tert-OH is 1. The predicted molar refractivity (Wildman–Crippen MR) is 45.7 cm³/mol. The fourth-order valence-electron chi connectivity index (χ4n) is 1.19. The van der Waals surface area contributed by atoms with Crippen LogP contribution < -0.4 is 10.5 Å². The minimum absolute atomic E-state index is 0.105. The lowest BCUT2D eigenvalue weighted by Gasteiger charge is -2.17. The molecule has 0 saturated heterocycles. The van der Waals surface area contributed by atoms with Crippen LogP contribution in [0.15, 0.2) is 30.0 Å². The minimum atomic E-state index is 0.105. The van der Waals surface area contributed by atoms with E-state index in [2.05, 4.69) is 0 Å². The molecule has 0 atom stereocenters. The van der Waals surface area contributed by atoms with E-state index in [4.69, 9.17) is 10.5 Å². The smallest absolute Gasteiger partial charge is 0.153 e. The summed E-state index contributed by atoms with van der Waals surface area (Å²) in [5.74, 6) is 0.835. The fraction of sp³-hybridized carbons (Fsp3) is 0.111. The molecule has 62 valence electrons. The van der Waals surface area contributed by atoms with Crippen molar-refractivity contribution in [2.45, 2.75) is 0 Å². The number of ether oxygens (including phenoxy) is 1.